The first-order chi connectivity index (χ1) is 4.00. The Labute approximate surface area is 79.1 Å². The SMILES string of the molecule is CC(=O)NN.CN(C)C.I. The van der Waals surface area contributed by atoms with Crippen LogP contribution in [0.1, 0.15) is 6.92 Å². The number of amides is 1. The van der Waals surface area contributed by atoms with Crippen LogP contribution < -0.4 is 11.3 Å². The summed E-state index contributed by atoms with van der Waals surface area (Å²) in [5.41, 5.74) is 1.89. The number of nitrogens with one attached hydrogen (secondary N) is 1. The number of halogens is 1. The van der Waals surface area contributed by atoms with Crippen molar-refractivity contribution in [1.82, 2.24) is 10.3 Å². The van der Waals surface area contributed by atoms with Gasteiger partial charge in [0.15, 0.2) is 0 Å². The number of nitrogens with zero attached hydrogens (tertiary/aromatic N) is 1. The van der Waals surface area contributed by atoms with Gasteiger partial charge in [-0.05, 0) is 21.1 Å². The number of rotatable bonds is 0. The Morgan fingerprint density at radius 3 is 1.50 bits per heavy atom. The third-order valence-electron chi connectivity index (χ3n) is 0.203. The molecule has 0 heterocycles. The number of hydrazine groups is 1. The molecule has 0 aromatic heterocycles. The van der Waals surface area contributed by atoms with Gasteiger partial charge in [0, 0.05) is 6.92 Å². The van der Waals surface area contributed by atoms with Crippen molar-refractivity contribution in [1.29, 1.82) is 0 Å². The molecule has 5 heteroatoms. The smallest absolute Gasteiger partial charge is 0.230 e. The minimum atomic E-state index is -0.218. The average Bonchev–Trinajstić information content (AvgIpc) is 1.65. The van der Waals surface area contributed by atoms with Crippen LogP contribution in [0.3, 0.4) is 0 Å². The molecule has 0 fully saturated rings. The van der Waals surface area contributed by atoms with Crippen molar-refractivity contribution in [2.75, 3.05) is 21.1 Å². The molecule has 0 radical (unpaired) electrons. The average molecular weight is 261 g/mol. The van der Waals surface area contributed by atoms with Gasteiger partial charge in [-0.1, -0.05) is 0 Å². The van der Waals surface area contributed by atoms with E-state index in [1.165, 1.54) is 6.92 Å². The summed E-state index contributed by atoms with van der Waals surface area (Å²) >= 11 is 0. The van der Waals surface area contributed by atoms with Crippen molar-refractivity contribution in [3.63, 3.8) is 0 Å². The van der Waals surface area contributed by atoms with E-state index >= 15 is 0 Å². The molecule has 0 saturated heterocycles. The van der Waals surface area contributed by atoms with Crippen LogP contribution in [0.5, 0.6) is 0 Å². The topological polar surface area (TPSA) is 58.4 Å². The van der Waals surface area contributed by atoms with Gasteiger partial charge in [-0.25, -0.2) is 5.84 Å². The maximum atomic E-state index is 9.58. The molecule has 0 aliphatic carbocycles. The van der Waals surface area contributed by atoms with Gasteiger partial charge in [-0.3, -0.25) is 10.2 Å². The summed E-state index contributed by atoms with van der Waals surface area (Å²) in [6.45, 7) is 1.35. The van der Waals surface area contributed by atoms with Gasteiger partial charge >= 0.3 is 0 Å². The van der Waals surface area contributed by atoms with Gasteiger partial charge in [0.05, 0.1) is 0 Å². The Kier molecular flexibility index (Phi) is 19.7. The molecule has 1 amide bonds. The van der Waals surface area contributed by atoms with Crippen LogP contribution in [0.25, 0.3) is 0 Å². The zero-order valence-corrected chi connectivity index (χ0v) is 9.17. The number of hydrogen-bond acceptors (Lipinski definition) is 3. The van der Waals surface area contributed by atoms with Gasteiger partial charge in [-0.2, -0.15) is 0 Å². The number of carbonyl (C=O) groups is 1. The first-order valence-corrected chi connectivity index (χ1v) is 2.58. The predicted molar refractivity (Wildman–Crippen MR) is 53.0 cm³/mol. The number of nitrogens with two attached hydrogens (primary N) is 1. The molecule has 10 heavy (non-hydrogen) atoms. The van der Waals surface area contributed by atoms with Gasteiger partial charge in [0.25, 0.3) is 0 Å². The Morgan fingerprint density at radius 2 is 1.50 bits per heavy atom. The molecule has 0 aromatic rings. The molecule has 0 unspecified atom stereocenters. The third-order valence-corrected chi connectivity index (χ3v) is 0.203. The molecule has 3 N–H and O–H groups in total. The van der Waals surface area contributed by atoms with Crippen LogP contribution in [-0.2, 0) is 4.79 Å². The van der Waals surface area contributed by atoms with E-state index in [9.17, 15) is 4.79 Å². The lowest BCUT2D eigenvalue weighted by Crippen LogP contribution is -2.26. The van der Waals surface area contributed by atoms with E-state index in [1.54, 1.807) is 0 Å². The maximum Gasteiger partial charge on any atom is 0.230 e. The number of carbonyl (C=O) groups excluding carboxylic acids is 1. The van der Waals surface area contributed by atoms with Crippen molar-refractivity contribution in [2.45, 2.75) is 6.92 Å². The van der Waals surface area contributed by atoms with Gasteiger partial charge in [-0.15, -0.1) is 24.0 Å². The zero-order valence-electron chi connectivity index (χ0n) is 6.84. The maximum absolute atomic E-state index is 9.58. The molecule has 0 rings (SSSR count). The predicted octanol–water partition coefficient (Wildman–Crippen LogP) is -0.208. The minimum Gasteiger partial charge on any atom is -0.312 e. The second-order valence-electron chi connectivity index (χ2n) is 2.04. The lowest BCUT2D eigenvalue weighted by molar-refractivity contribution is -0.119. The van der Waals surface area contributed by atoms with Crippen LogP contribution in [0.15, 0.2) is 0 Å². The summed E-state index contributed by atoms with van der Waals surface area (Å²) in [7, 11) is 6.00. The normalized spacial score (nSPS) is 7.00. The Morgan fingerprint density at radius 1 is 1.40 bits per heavy atom. The standard InChI is InChI=1S/C3H9N.C2H6N2O.HI/c1-4(2)3;1-2(5)4-3;/h1-3H3;3H2,1H3,(H,4,5);1H. The van der Waals surface area contributed by atoms with Crippen molar-refractivity contribution in [2.24, 2.45) is 5.84 Å². The molecule has 0 aliphatic rings. The fourth-order valence-corrected chi connectivity index (χ4v) is 0. The third kappa shape index (κ3) is 91.6. The van der Waals surface area contributed by atoms with Crippen LogP contribution in [0.4, 0.5) is 0 Å². The molecule has 0 saturated carbocycles. The lowest BCUT2D eigenvalue weighted by atomic mass is 10.8. The highest BCUT2D eigenvalue weighted by atomic mass is 127. The summed E-state index contributed by atoms with van der Waals surface area (Å²) in [5.74, 6) is 4.35. The number of hydrogen-bond donors (Lipinski definition) is 2. The molecule has 0 spiro atoms. The van der Waals surface area contributed by atoms with Crippen LogP contribution in [-0.4, -0.2) is 32.0 Å². The van der Waals surface area contributed by atoms with Crippen molar-refractivity contribution >= 4 is 29.9 Å². The Balaban J connectivity index is -0.0000000910. The Bertz CT molecular complexity index is 74.5. The van der Waals surface area contributed by atoms with Crippen molar-refractivity contribution < 1.29 is 4.79 Å². The van der Waals surface area contributed by atoms with Crippen LogP contribution in [0.2, 0.25) is 0 Å². The second kappa shape index (κ2) is 11.9. The highest BCUT2D eigenvalue weighted by molar-refractivity contribution is 14.0. The van der Waals surface area contributed by atoms with Crippen LogP contribution >= 0.6 is 24.0 Å². The van der Waals surface area contributed by atoms with E-state index in [2.05, 4.69) is 5.84 Å². The molecule has 0 aliphatic heterocycles. The molecule has 4 nitrogen and oxygen atoms in total. The van der Waals surface area contributed by atoms with E-state index in [0.717, 1.165) is 0 Å². The molecule has 0 aromatic carbocycles. The summed E-state index contributed by atoms with van der Waals surface area (Å²) in [6.07, 6.45) is 0. The van der Waals surface area contributed by atoms with Gasteiger partial charge in [0.2, 0.25) is 5.91 Å². The van der Waals surface area contributed by atoms with E-state index < -0.39 is 0 Å². The summed E-state index contributed by atoms with van der Waals surface area (Å²) in [5, 5.41) is 0. The molecule has 64 valence electrons. The molecule has 0 bridgehead atoms. The fraction of sp³-hybridized carbons (Fsp3) is 0.800. The second-order valence-corrected chi connectivity index (χ2v) is 2.04. The lowest BCUT2D eigenvalue weighted by Gasteiger charge is -1.90. The fourth-order valence-electron chi connectivity index (χ4n) is 0. The minimum absolute atomic E-state index is 0. The van der Waals surface area contributed by atoms with E-state index in [1.807, 2.05) is 31.5 Å². The summed E-state index contributed by atoms with van der Waals surface area (Å²) in [4.78, 5) is 11.6. The first kappa shape index (κ1) is 16.6. The molecular formula is C5H16IN3O. The first-order valence-electron chi connectivity index (χ1n) is 2.58. The monoisotopic (exact) mass is 261 g/mol. The largest absolute Gasteiger partial charge is 0.312 e. The van der Waals surface area contributed by atoms with Crippen LogP contribution in [0, 0.1) is 0 Å². The quantitative estimate of drug-likeness (QED) is 0.274. The van der Waals surface area contributed by atoms with E-state index in [0.29, 0.717) is 0 Å². The van der Waals surface area contributed by atoms with Crippen molar-refractivity contribution in [3.05, 3.63) is 0 Å². The Hall–Kier alpha value is 0.120. The highest BCUT2D eigenvalue weighted by Gasteiger charge is 1.73. The van der Waals surface area contributed by atoms with Gasteiger partial charge in [0.1, 0.15) is 0 Å². The summed E-state index contributed by atoms with van der Waals surface area (Å²) in [6, 6.07) is 0. The van der Waals surface area contributed by atoms with E-state index in [-0.39, 0.29) is 29.9 Å². The summed E-state index contributed by atoms with van der Waals surface area (Å²) < 4.78 is 0. The zero-order chi connectivity index (χ0) is 7.86. The van der Waals surface area contributed by atoms with E-state index in [4.69, 9.17) is 0 Å². The van der Waals surface area contributed by atoms with Crippen molar-refractivity contribution in [3.8, 4) is 0 Å². The van der Waals surface area contributed by atoms with Gasteiger partial charge < -0.3 is 4.90 Å². The molecule has 0 atom stereocenters. The molecular weight excluding hydrogens is 245 g/mol. The highest BCUT2D eigenvalue weighted by Crippen LogP contribution is 1.47.